The minimum atomic E-state index is -0.0905. The first-order chi connectivity index (χ1) is 14.7. The molecule has 0 radical (unpaired) electrons. The average molecular weight is 423 g/mol. The Morgan fingerprint density at radius 3 is 2.50 bits per heavy atom. The highest BCUT2D eigenvalue weighted by atomic mass is 35.5. The molecular formula is C23H23ClN4O2. The van der Waals surface area contributed by atoms with E-state index in [1.54, 1.807) is 6.33 Å². The van der Waals surface area contributed by atoms with Gasteiger partial charge in [0.25, 0.3) is 5.91 Å². The van der Waals surface area contributed by atoms with Crippen LogP contribution in [0.1, 0.15) is 15.9 Å². The Balaban J connectivity index is 1.36. The van der Waals surface area contributed by atoms with Crippen LogP contribution in [0.2, 0.25) is 5.02 Å². The number of hydrogen-bond donors (Lipinski definition) is 1. The molecule has 1 aliphatic heterocycles. The third kappa shape index (κ3) is 5.14. The SMILES string of the molecule is O=C(NCCc1ccc(Cl)cc1)c1ccc(-c2cc(N3CCOCC3)ncn2)cc1. The van der Waals surface area contributed by atoms with Gasteiger partial charge in [0.2, 0.25) is 0 Å². The topological polar surface area (TPSA) is 67.4 Å². The van der Waals surface area contributed by atoms with Gasteiger partial charge < -0.3 is 15.0 Å². The van der Waals surface area contributed by atoms with Gasteiger partial charge in [0.1, 0.15) is 12.1 Å². The van der Waals surface area contributed by atoms with Crippen molar-refractivity contribution < 1.29 is 9.53 Å². The highest BCUT2D eigenvalue weighted by molar-refractivity contribution is 6.30. The van der Waals surface area contributed by atoms with Crippen molar-refractivity contribution in [1.29, 1.82) is 0 Å². The number of benzene rings is 2. The number of hydrogen-bond acceptors (Lipinski definition) is 5. The Hall–Kier alpha value is -2.96. The molecule has 6 nitrogen and oxygen atoms in total. The summed E-state index contributed by atoms with van der Waals surface area (Å²) in [6, 6.07) is 17.1. The van der Waals surface area contributed by atoms with Crippen molar-refractivity contribution in [3.63, 3.8) is 0 Å². The smallest absolute Gasteiger partial charge is 0.251 e. The van der Waals surface area contributed by atoms with Crippen molar-refractivity contribution in [3.8, 4) is 11.3 Å². The summed E-state index contributed by atoms with van der Waals surface area (Å²) in [5.74, 6) is 0.805. The third-order valence-corrected chi connectivity index (χ3v) is 5.30. The molecule has 1 aromatic heterocycles. The van der Waals surface area contributed by atoms with Gasteiger partial charge in [-0.2, -0.15) is 0 Å². The number of ether oxygens (including phenoxy) is 1. The summed E-state index contributed by atoms with van der Waals surface area (Å²) in [6.45, 7) is 3.64. The van der Waals surface area contributed by atoms with E-state index in [-0.39, 0.29) is 5.91 Å². The van der Waals surface area contributed by atoms with Crippen LogP contribution in [0, 0.1) is 0 Å². The number of nitrogens with zero attached hydrogens (tertiary/aromatic N) is 3. The Labute approximate surface area is 180 Å². The van der Waals surface area contributed by atoms with Crippen LogP contribution < -0.4 is 10.2 Å². The van der Waals surface area contributed by atoms with E-state index in [9.17, 15) is 4.79 Å². The van der Waals surface area contributed by atoms with Crippen LogP contribution in [0.5, 0.6) is 0 Å². The second kappa shape index (κ2) is 9.69. The molecule has 1 fully saturated rings. The van der Waals surface area contributed by atoms with Gasteiger partial charge in [-0.3, -0.25) is 4.79 Å². The van der Waals surface area contributed by atoms with Crippen LogP contribution in [0.3, 0.4) is 0 Å². The van der Waals surface area contributed by atoms with Gasteiger partial charge in [0.15, 0.2) is 0 Å². The molecule has 0 saturated carbocycles. The molecule has 1 aliphatic rings. The molecule has 30 heavy (non-hydrogen) atoms. The lowest BCUT2D eigenvalue weighted by atomic mass is 10.1. The zero-order valence-electron chi connectivity index (χ0n) is 16.6. The minimum absolute atomic E-state index is 0.0905. The van der Waals surface area contributed by atoms with Crippen molar-refractivity contribution in [2.45, 2.75) is 6.42 Å². The number of carbonyl (C=O) groups is 1. The highest BCUT2D eigenvalue weighted by Crippen LogP contribution is 2.22. The molecule has 7 heteroatoms. The number of nitrogens with one attached hydrogen (secondary N) is 1. The summed E-state index contributed by atoms with van der Waals surface area (Å²) in [5.41, 5.74) is 3.54. The number of anilines is 1. The molecule has 154 valence electrons. The van der Waals surface area contributed by atoms with E-state index in [2.05, 4.69) is 20.2 Å². The molecule has 1 N–H and O–H groups in total. The van der Waals surface area contributed by atoms with Gasteiger partial charge >= 0.3 is 0 Å². The molecule has 2 heterocycles. The van der Waals surface area contributed by atoms with Crippen molar-refractivity contribution in [1.82, 2.24) is 15.3 Å². The molecule has 1 saturated heterocycles. The van der Waals surface area contributed by atoms with Crippen molar-refractivity contribution in [2.24, 2.45) is 0 Å². The molecule has 1 amide bonds. The molecule has 0 bridgehead atoms. The standard InChI is InChI=1S/C23H23ClN4O2/c24-20-7-1-17(2-8-20)9-10-25-23(29)19-5-3-18(4-6-19)21-15-22(27-16-26-21)28-11-13-30-14-12-28/h1-8,15-16H,9-14H2,(H,25,29). The van der Waals surface area contributed by atoms with Crippen molar-refractivity contribution in [2.75, 3.05) is 37.7 Å². The van der Waals surface area contributed by atoms with E-state index in [1.807, 2.05) is 54.6 Å². The Bertz CT molecular complexity index is 987. The van der Waals surface area contributed by atoms with Crippen LogP contribution in [0.4, 0.5) is 5.82 Å². The monoisotopic (exact) mass is 422 g/mol. The Morgan fingerprint density at radius 1 is 1.03 bits per heavy atom. The fraction of sp³-hybridized carbons (Fsp3) is 0.261. The summed E-state index contributed by atoms with van der Waals surface area (Å²) in [4.78, 5) is 23.4. The summed E-state index contributed by atoms with van der Waals surface area (Å²) in [5, 5.41) is 3.67. The van der Waals surface area contributed by atoms with Crippen LogP contribution in [0.25, 0.3) is 11.3 Å². The van der Waals surface area contributed by atoms with Crippen molar-refractivity contribution in [3.05, 3.63) is 77.1 Å². The zero-order valence-corrected chi connectivity index (χ0v) is 17.3. The maximum absolute atomic E-state index is 12.4. The third-order valence-electron chi connectivity index (χ3n) is 5.04. The lowest BCUT2D eigenvalue weighted by molar-refractivity contribution is 0.0954. The van der Waals surface area contributed by atoms with E-state index in [0.29, 0.717) is 30.3 Å². The molecular weight excluding hydrogens is 400 g/mol. The second-order valence-corrected chi connectivity index (χ2v) is 7.51. The lowest BCUT2D eigenvalue weighted by Crippen LogP contribution is -2.36. The number of rotatable bonds is 6. The quantitative estimate of drug-likeness (QED) is 0.657. The predicted molar refractivity (Wildman–Crippen MR) is 118 cm³/mol. The summed E-state index contributed by atoms with van der Waals surface area (Å²) < 4.78 is 5.40. The van der Waals surface area contributed by atoms with E-state index < -0.39 is 0 Å². The molecule has 0 spiro atoms. The number of amides is 1. The molecule has 0 atom stereocenters. The molecule has 3 aromatic rings. The van der Waals surface area contributed by atoms with E-state index in [0.717, 1.165) is 42.1 Å². The first-order valence-electron chi connectivity index (χ1n) is 9.97. The Morgan fingerprint density at radius 2 is 1.77 bits per heavy atom. The number of halogens is 1. The molecule has 4 rings (SSSR count). The number of carbonyl (C=O) groups excluding carboxylic acids is 1. The fourth-order valence-corrected chi connectivity index (χ4v) is 3.46. The van der Waals surface area contributed by atoms with E-state index in [4.69, 9.17) is 16.3 Å². The number of morpholine rings is 1. The fourth-order valence-electron chi connectivity index (χ4n) is 3.34. The highest BCUT2D eigenvalue weighted by Gasteiger charge is 2.14. The lowest BCUT2D eigenvalue weighted by Gasteiger charge is -2.27. The second-order valence-electron chi connectivity index (χ2n) is 7.07. The van der Waals surface area contributed by atoms with Gasteiger partial charge in [-0.15, -0.1) is 0 Å². The maximum Gasteiger partial charge on any atom is 0.251 e. The summed E-state index contributed by atoms with van der Waals surface area (Å²) in [7, 11) is 0. The summed E-state index contributed by atoms with van der Waals surface area (Å²) >= 11 is 5.90. The summed E-state index contributed by atoms with van der Waals surface area (Å²) in [6.07, 6.45) is 2.34. The van der Waals surface area contributed by atoms with Gasteiger partial charge in [0, 0.05) is 41.9 Å². The first-order valence-corrected chi connectivity index (χ1v) is 10.3. The largest absolute Gasteiger partial charge is 0.378 e. The van der Waals surface area contributed by atoms with Crippen molar-refractivity contribution >= 4 is 23.3 Å². The average Bonchev–Trinajstić information content (AvgIpc) is 2.81. The maximum atomic E-state index is 12.4. The van der Waals surface area contributed by atoms with E-state index in [1.165, 1.54) is 0 Å². The minimum Gasteiger partial charge on any atom is -0.378 e. The first kappa shape index (κ1) is 20.3. The van der Waals surface area contributed by atoms with Crippen LogP contribution in [-0.2, 0) is 11.2 Å². The van der Waals surface area contributed by atoms with Gasteiger partial charge in [-0.05, 0) is 36.2 Å². The van der Waals surface area contributed by atoms with E-state index >= 15 is 0 Å². The van der Waals surface area contributed by atoms with Crippen LogP contribution >= 0.6 is 11.6 Å². The van der Waals surface area contributed by atoms with Crippen LogP contribution in [-0.4, -0.2) is 48.7 Å². The van der Waals surface area contributed by atoms with Crippen LogP contribution in [0.15, 0.2) is 60.9 Å². The normalized spacial score (nSPS) is 13.8. The molecule has 0 unspecified atom stereocenters. The van der Waals surface area contributed by atoms with Gasteiger partial charge in [-0.25, -0.2) is 9.97 Å². The van der Waals surface area contributed by atoms with Gasteiger partial charge in [0.05, 0.1) is 18.9 Å². The molecule has 2 aromatic carbocycles. The predicted octanol–water partition coefficient (Wildman–Crippen LogP) is 3.61. The Kier molecular flexibility index (Phi) is 6.57. The van der Waals surface area contributed by atoms with Gasteiger partial charge in [-0.1, -0.05) is 35.9 Å². The zero-order chi connectivity index (χ0) is 20.8. The molecule has 0 aliphatic carbocycles. The number of aromatic nitrogens is 2.